The molecule has 1 aliphatic rings. The Balaban J connectivity index is 1.66. The van der Waals surface area contributed by atoms with Gasteiger partial charge in [-0.05, 0) is 19.4 Å². The third-order valence-corrected chi connectivity index (χ3v) is 3.80. The van der Waals surface area contributed by atoms with E-state index in [2.05, 4.69) is 40.1 Å². The smallest absolute Gasteiger partial charge is 0.0900 e. The van der Waals surface area contributed by atoms with Crippen LogP contribution in [0.3, 0.4) is 0 Å². The zero-order chi connectivity index (χ0) is 15.1. The molecule has 21 heavy (non-hydrogen) atoms. The Hall–Kier alpha value is -0.940. The minimum Gasteiger partial charge on any atom is -0.389 e. The molecule has 1 heterocycles. The molecule has 0 spiro atoms. The van der Waals surface area contributed by atoms with Crippen molar-refractivity contribution in [2.24, 2.45) is 0 Å². The lowest BCUT2D eigenvalue weighted by Gasteiger charge is -2.35. The number of β-amino-alcohol motifs (C(OH)–C–C–N with tert-alkyl or cyclic N) is 1. The lowest BCUT2D eigenvalue weighted by atomic mass is 10.2. The van der Waals surface area contributed by atoms with Crippen LogP contribution in [0.25, 0.3) is 0 Å². The molecule has 4 heteroatoms. The van der Waals surface area contributed by atoms with Gasteiger partial charge in [-0.1, -0.05) is 30.3 Å². The summed E-state index contributed by atoms with van der Waals surface area (Å²) in [5.41, 5.74) is 1.37. The van der Waals surface area contributed by atoms with Crippen molar-refractivity contribution < 1.29 is 9.84 Å². The predicted octanol–water partition coefficient (Wildman–Crippen LogP) is 1.59. The van der Waals surface area contributed by atoms with E-state index in [0.717, 1.165) is 32.7 Å². The van der Waals surface area contributed by atoms with E-state index < -0.39 is 0 Å². The van der Waals surface area contributed by atoms with Crippen LogP contribution in [0.2, 0.25) is 0 Å². The Morgan fingerprint density at radius 2 is 1.67 bits per heavy atom. The first-order valence-electron chi connectivity index (χ1n) is 7.92. The molecular weight excluding hydrogens is 264 g/mol. The number of aliphatic hydroxyl groups excluding tert-OH is 1. The van der Waals surface area contributed by atoms with Crippen LogP contribution < -0.4 is 0 Å². The lowest BCUT2D eigenvalue weighted by Crippen LogP contribution is -2.48. The van der Waals surface area contributed by atoms with Gasteiger partial charge in [-0.15, -0.1) is 0 Å². The molecule has 1 fully saturated rings. The van der Waals surface area contributed by atoms with Gasteiger partial charge >= 0.3 is 0 Å². The van der Waals surface area contributed by atoms with Crippen LogP contribution in [-0.2, 0) is 11.3 Å². The molecule has 0 aliphatic carbocycles. The summed E-state index contributed by atoms with van der Waals surface area (Å²) in [6.07, 6.45) is -0.199. The van der Waals surface area contributed by atoms with Gasteiger partial charge in [0.05, 0.1) is 18.8 Å². The van der Waals surface area contributed by atoms with Crippen LogP contribution in [-0.4, -0.2) is 66.4 Å². The summed E-state index contributed by atoms with van der Waals surface area (Å²) in [5.74, 6) is 0. The maximum atomic E-state index is 9.97. The number of benzene rings is 1. The Morgan fingerprint density at radius 3 is 2.29 bits per heavy atom. The molecule has 0 aromatic heterocycles. The molecule has 1 atom stereocenters. The van der Waals surface area contributed by atoms with Crippen molar-refractivity contribution >= 4 is 0 Å². The Bertz CT molecular complexity index is 389. The molecule has 0 saturated carbocycles. The van der Waals surface area contributed by atoms with Crippen molar-refractivity contribution in [3.63, 3.8) is 0 Å². The Morgan fingerprint density at radius 1 is 1.05 bits per heavy atom. The number of piperazine rings is 1. The highest BCUT2D eigenvalue weighted by atomic mass is 16.5. The van der Waals surface area contributed by atoms with Crippen molar-refractivity contribution in [3.05, 3.63) is 35.9 Å². The van der Waals surface area contributed by atoms with E-state index in [1.54, 1.807) is 0 Å². The van der Waals surface area contributed by atoms with E-state index in [0.29, 0.717) is 13.2 Å². The second-order valence-corrected chi connectivity index (χ2v) is 6.10. The van der Waals surface area contributed by atoms with Crippen molar-refractivity contribution in [2.45, 2.75) is 32.6 Å². The van der Waals surface area contributed by atoms with E-state index in [1.165, 1.54) is 5.56 Å². The molecule has 2 rings (SSSR count). The van der Waals surface area contributed by atoms with Gasteiger partial charge in [-0.3, -0.25) is 9.80 Å². The number of rotatable bonds is 7. The SMILES string of the molecule is CC(C)OC[C@@H](O)CN1CCN(Cc2ccccc2)CC1. The quantitative estimate of drug-likeness (QED) is 0.828. The molecule has 0 radical (unpaired) electrons. The third kappa shape index (κ3) is 6.14. The number of nitrogens with zero attached hydrogens (tertiary/aromatic N) is 2. The molecular formula is C17H28N2O2. The maximum Gasteiger partial charge on any atom is 0.0900 e. The average molecular weight is 292 g/mol. The van der Waals surface area contributed by atoms with Gasteiger partial charge in [0.25, 0.3) is 0 Å². The Kier molecular flexibility index (Phi) is 6.64. The fourth-order valence-electron chi connectivity index (χ4n) is 2.63. The van der Waals surface area contributed by atoms with Crippen LogP contribution in [0.15, 0.2) is 30.3 Å². The Labute approximate surface area is 128 Å². The summed E-state index contributed by atoms with van der Waals surface area (Å²) in [4.78, 5) is 4.80. The number of hydrogen-bond donors (Lipinski definition) is 1. The summed E-state index contributed by atoms with van der Waals surface area (Å²) in [6.45, 7) is 10.3. The van der Waals surface area contributed by atoms with Gasteiger partial charge in [0.15, 0.2) is 0 Å². The average Bonchev–Trinajstić information content (AvgIpc) is 2.48. The highest BCUT2D eigenvalue weighted by Gasteiger charge is 2.19. The first-order chi connectivity index (χ1) is 10.1. The maximum absolute atomic E-state index is 9.97. The van der Waals surface area contributed by atoms with Gasteiger partial charge in [0.2, 0.25) is 0 Å². The van der Waals surface area contributed by atoms with Gasteiger partial charge in [-0.2, -0.15) is 0 Å². The van der Waals surface area contributed by atoms with Crippen molar-refractivity contribution in [2.75, 3.05) is 39.3 Å². The highest BCUT2D eigenvalue weighted by molar-refractivity contribution is 5.14. The number of hydrogen-bond acceptors (Lipinski definition) is 4. The van der Waals surface area contributed by atoms with Gasteiger partial charge in [0, 0.05) is 39.3 Å². The topological polar surface area (TPSA) is 35.9 Å². The van der Waals surface area contributed by atoms with Crippen LogP contribution in [0.5, 0.6) is 0 Å². The number of aliphatic hydroxyl groups is 1. The first-order valence-corrected chi connectivity index (χ1v) is 7.92. The molecule has 1 aromatic rings. The molecule has 1 N–H and O–H groups in total. The lowest BCUT2D eigenvalue weighted by molar-refractivity contribution is -0.0148. The monoisotopic (exact) mass is 292 g/mol. The molecule has 1 aliphatic heterocycles. The molecule has 0 unspecified atom stereocenters. The molecule has 0 amide bonds. The van der Waals surface area contributed by atoms with Gasteiger partial charge < -0.3 is 9.84 Å². The van der Waals surface area contributed by atoms with Crippen LogP contribution >= 0.6 is 0 Å². The molecule has 1 aromatic carbocycles. The van der Waals surface area contributed by atoms with Gasteiger partial charge in [-0.25, -0.2) is 0 Å². The van der Waals surface area contributed by atoms with Gasteiger partial charge in [0.1, 0.15) is 0 Å². The predicted molar refractivity (Wildman–Crippen MR) is 85.3 cm³/mol. The zero-order valence-electron chi connectivity index (χ0n) is 13.2. The summed E-state index contributed by atoms with van der Waals surface area (Å²) in [5, 5.41) is 9.97. The molecule has 118 valence electrons. The van der Waals surface area contributed by atoms with E-state index in [1.807, 2.05) is 13.8 Å². The van der Waals surface area contributed by atoms with Crippen LogP contribution in [0.1, 0.15) is 19.4 Å². The highest BCUT2D eigenvalue weighted by Crippen LogP contribution is 2.09. The van der Waals surface area contributed by atoms with E-state index >= 15 is 0 Å². The van der Waals surface area contributed by atoms with Crippen molar-refractivity contribution in [1.29, 1.82) is 0 Å². The molecule has 0 bridgehead atoms. The van der Waals surface area contributed by atoms with E-state index in [-0.39, 0.29) is 12.2 Å². The standard InChI is InChI=1S/C17H28N2O2/c1-15(2)21-14-17(20)13-19-10-8-18(9-11-19)12-16-6-4-3-5-7-16/h3-7,15,17,20H,8-14H2,1-2H3/t17-/m0/s1. The summed E-state index contributed by atoms with van der Waals surface area (Å²) in [6, 6.07) is 10.6. The fraction of sp³-hybridized carbons (Fsp3) is 0.647. The van der Waals surface area contributed by atoms with E-state index in [9.17, 15) is 5.11 Å². The van der Waals surface area contributed by atoms with Crippen molar-refractivity contribution in [3.8, 4) is 0 Å². The number of ether oxygens (including phenoxy) is 1. The van der Waals surface area contributed by atoms with E-state index in [4.69, 9.17) is 4.74 Å². The minimum atomic E-state index is -0.381. The minimum absolute atomic E-state index is 0.183. The summed E-state index contributed by atoms with van der Waals surface area (Å²) < 4.78 is 5.46. The fourth-order valence-corrected chi connectivity index (χ4v) is 2.63. The summed E-state index contributed by atoms with van der Waals surface area (Å²) >= 11 is 0. The molecule has 4 nitrogen and oxygen atoms in total. The van der Waals surface area contributed by atoms with Crippen LogP contribution in [0.4, 0.5) is 0 Å². The third-order valence-electron chi connectivity index (χ3n) is 3.80. The van der Waals surface area contributed by atoms with Crippen LogP contribution in [0, 0.1) is 0 Å². The largest absolute Gasteiger partial charge is 0.389 e. The summed E-state index contributed by atoms with van der Waals surface area (Å²) in [7, 11) is 0. The second-order valence-electron chi connectivity index (χ2n) is 6.10. The zero-order valence-corrected chi connectivity index (χ0v) is 13.2. The normalized spacial score (nSPS) is 19.0. The second kappa shape index (κ2) is 8.49. The van der Waals surface area contributed by atoms with Crippen molar-refractivity contribution in [1.82, 2.24) is 9.80 Å². The molecule has 1 saturated heterocycles. The first kappa shape index (κ1) is 16.4.